The van der Waals surface area contributed by atoms with Crippen molar-refractivity contribution >= 4 is 0 Å². The summed E-state index contributed by atoms with van der Waals surface area (Å²) in [5.41, 5.74) is 0. The second-order valence-electron chi connectivity index (χ2n) is 2.36. The van der Waals surface area contributed by atoms with Gasteiger partial charge in [0.05, 0.1) is 0 Å². The molecular weight excluding hydrogens is 108 g/mol. The molecular formula is C9H12. The molecule has 0 saturated heterocycles. The fourth-order valence-corrected chi connectivity index (χ4v) is 1.12. The van der Waals surface area contributed by atoms with E-state index in [-0.39, 0.29) is 0 Å². The van der Waals surface area contributed by atoms with Crippen molar-refractivity contribution in [1.82, 2.24) is 0 Å². The van der Waals surface area contributed by atoms with Crippen molar-refractivity contribution in [2.45, 2.75) is 26.2 Å². The monoisotopic (exact) mass is 120 g/mol. The van der Waals surface area contributed by atoms with Crippen LogP contribution in [0.25, 0.3) is 0 Å². The fraction of sp³-hybridized carbons (Fsp3) is 0.556. The second-order valence-corrected chi connectivity index (χ2v) is 2.36. The molecule has 1 unspecified atom stereocenters. The van der Waals surface area contributed by atoms with Crippen LogP contribution in [0.15, 0.2) is 12.2 Å². The highest BCUT2D eigenvalue weighted by molar-refractivity contribution is 5.11. The quantitative estimate of drug-likeness (QED) is 0.340. The molecule has 0 heterocycles. The molecule has 0 aromatic carbocycles. The minimum Gasteiger partial charge on any atom is -0.106 e. The molecule has 1 rings (SSSR count). The SMILES string of the molecule is CC#CC1C=CCCC1. The van der Waals surface area contributed by atoms with Crippen molar-refractivity contribution in [3.63, 3.8) is 0 Å². The molecule has 0 aromatic heterocycles. The summed E-state index contributed by atoms with van der Waals surface area (Å²) in [4.78, 5) is 0. The van der Waals surface area contributed by atoms with Gasteiger partial charge in [0.15, 0.2) is 0 Å². The largest absolute Gasteiger partial charge is 0.106 e. The Hall–Kier alpha value is -0.700. The first kappa shape index (κ1) is 6.42. The third kappa shape index (κ3) is 1.93. The van der Waals surface area contributed by atoms with Gasteiger partial charge in [-0.25, -0.2) is 0 Å². The molecule has 0 fully saturated rings. The van der Waals surface area contributed by atoms with Crippen LogP contribution in [-0.4, -0.2) is 0 Å². The lowest BCUT2D eigenvalue weighted by atomic mass is 9.97. The Morgan fingerprint density at radius 2 is 2.44 bits per heavy atom. The lowest BCUT2D eigenvalue weighted by molar-refractivity contribution is 0.645. The summed E-state index contributed by atoms with van der Waals surface area (Å²) in [6, 6.07) is 0. The first-order valence-electron chi connectivity index (χ1n) is 3.52. The molecule has 0 radical (unpaired) electrons. The van der Waals surface area contributed by atoms with E-state index in [9.17, 15) is 0 Å². The number of allylic oxidation sites excluding steroid dienone is 2. The zero-order valence-corrected chi connectivity index (χ0v) is 5.85. The lowest BCUT2D eigenvalue weighted by Crippen LogP contribution is -1.96. The van der Waals surface area contributed by atoms with Gasteiger partial charge in [-0.15, -0.1) is 5.92 Å². The van der Waals surface area contributed by atoms with Crippen molar-refractivity contribution in [1.29, 1.82) is 0 Å². The Morgan fingerprint density at radius 3 is 3.00 bits per heavy atom. The molecule has 9 heavy (non-hydrogen) atoms. The average Bonchev–Trinajstić information content (AvgIpc) is 1.91. The van der Waals surface area contributed by atoms with Gasteiger partial charge in [-0.3, -0.25) is 0 Å². The minimum absolute atomic E-state index is 0.559. The summed E-state index contributed by atoms with van der Waals surface area (Å²) in [7, 11) is 0. The minimum atomic E-state index is 0.559. The van der Waals surface area contributed by atoms with Gasteiger partial charge < -0.3 is 0 Å². The second kappa shape index (κ2) is 3.35. The van der Waals surface area contributed by atoms with Gasteiger partial charge in [-0.1, -0.05) is 18.1 Å². The molecule has 0 heteroatoms. The van der Waals surface area contributed by atoms with Gasteiger partial charge in [-0.05, 0) is 26.2 Å². The topological polar surface area (TPSA) is 0 Å². The standard InChI is InChI=1S/C9H12/c1-2-6-9-7-4-3-5-8-9/h4,7,9H,3,5,8H2,1H3. The summed E-state index contributed by atoms with van der Waals surface area (Å²) in [6.07, 6.45) is 8.29. The van der Waals surface area contributed by atoms with E-state index in [0.717, 1.165) is 0 Å². The van der Waals surface area contributed by atoms with Crippen LogP contribution in [0, 0.1) is 17.8 Å². The lowest BCUT2D eigenvalue weighted by Gasteiger charge is -2.08. The normalized spacial score (nSPS) is 24.8. The van der Waals surface area contributed by atoms with Gasteiger partial charge in [0.1, 0.15) is 0 Å². The molecule has 0 aliphatic heterocycles. The van der Waals surface area contributed by atoms with Crippen LogP contribution in [0.4, 0.5) is 0 Å². The fourth-order valence-electron chi connectivity index (χ4n) is 1.12. The summed E-state index contributed by atoms with van der Waals surface area (Å²) >= 11 is 0. The van der Waals surface area contributed by atoms with Crippen LogP contribution in [0.2, 0.25) is 0 Å². The molecule has 0 spiro atoms. The molecule has 48 valence electrons. The highest BCUT2D eigenvalue weighted by atomic mass is 14.1. The van der Waals surface area contributed by atoms with Crippen LogP contribution in [0.1, 0.15) is 26.2 Å². The summed E-state index contributed by atoms with van der Waals surface area (Å²) in [5, 5.41) is 0. The summed E-state index contributed by atoms with van der Waals surface area (Å²) in [5.74, 6) is 6.64. The van der Waals surface area contributed by atoms with Gasteiger partial charge in [0, 0.05) is 5.92 Å². The number of hydrogen-bond acceptors (Lipinski definition) is 0. The molecule has 0 nitrogen and oxygen atoms in total. The Bertz CT molecular complexity index is 155. The van der Waals surface area contributed by atoms with E-state index in [2.05, 4.69) is 24.0 Å². The highest BCUT2D eigenvalue weighted by Gasteiger charge is 2.02. The number of hydrogen-bond donors (Lipinski definition) is 0. The maximum atomic E-state index is 3.15. The van der Waals surface area contributed by atoms with Crippen LogP contribution >= 0.6 is 0 Å². The number of rotatable bonds is 0. The van der Waals surface area contributed by atoms with Gasteiger partial charge in [0.2, 0.25) is 0 Å². The van der Waals surface area contributed by atoms with Crippen molar-refractivity contribution in [3.05, 3.63) is 12.2 Å². The first-order valence-corrected chi connectivity index (χ1v) is 3.52. The average molecular weight is 120 g/mol. The van der Waals surface area contributed by atoms with Gasteiger partial charge in [0.25, 0.3) is 0 Å². The molecule has 0 amide bonds. The Labute approximate surface area is 57.0 Å². The Kier molecular flexibility index (Phi) is 2.39. The molecule has 0 N–H and O–H groups in total. The molecule has 0 saturated carbocycles. The third-order valence-electron chi connectivity index (χ3n) is 1.58. The van der Waals surface area contributed by atoms with Gasteiger partial charge >= 0.3 is 0 Å². The van der Waals surface area contributed by atoms with Crippen molar-refractivity contribution in [2.24, 2.45) is 5.92 Å². The smallest absolute Gasteiger partial charge is 0.0382 e. The first-order chi connectivity index (χ1) is 4.43. The van der Waals surface area contributed by atoms with E-state index in [0.29, 0.717) is 5.92 Å². The van der Waals surface area contributed by atoms with E-state index in [1.165, 1.54) is 19.3 Å². The van der Waals surface area contributed by atoms with E-state index in [1.807, 2.05) is 6.92 Å². The summed E-state index contributed by atoms with van der Waals surface area (Å²) < 4.78 is 0. The Balaban J connectivity index is 2.46. The molecule has 0 bridgehead atoms. The third-order valence-corrected chi connectivity index (χ3v) is 1.58. The van der Waals surface area contributed by atoms with E-state index >= 15 is 0 Å². The molecule has 0 aromatic rings. The van der Waals surface area contributed by atoms with Crippen LogP contribution in [-0.2, 0) is 0 Å². The van der Waals surface area contributed by atoms with Crippen LogP contribution in [0.3, 0.4) is 0 Å². The Morgan fingerprint density at radius 1 is 1.56 bits per heavy atom. The maximum Gasteiger partial charge on any atom is 0.0382 e. The predicted molar refractivity (Wildman–Crippen MR) is 39.9 cm³/mol. The van der Waals surface area contributed by atoms with E-state index < -0.39 is 0 Å². The van der Waals surface area contributed by atoms with Crippen molar-refractivity contribution in [3.8, 4) is 11.8 Å². The van der Waals surface area contributed by atoms with E-state index in [4.69, 9.17) is 0 Å². The van der Waals surface area contributed by atoms with E-state index in [1.54, 1.807) is 0 Å². The zero-order valence-electron chi connectivity index (χ0n) is 5.85. The highest BCUT2D eigenvalue weighted by Crippen LogP contribution is 2.15. The summed E-state index contributed by atoms with van der Waals surface area (Å²) in [6.45, 7) is 1.91. The predicted octanol–water partition coefficient (Wildman–Crippen LogP) is 2.37. The van der Waals surface area contributed by atoms with Crippen LogP contribution in [0.5, 0.6) is 0 Å². The molecule has 1 atom stereocenters. The van der Waals surface area contributed by atoms with Crippen molar-refractivity contribution < 1.29 is 0 Å². The molecule has 1 aliphatic carbocycles. The molecule has 1 aliphatic rings. The van der Waals surface area contributed by atoms with Crippen LogP contribution < -0.4 is 0 Å². The zero-order chi connectivity index (χ0) is 6.53. The van der Waals surface area contributed by atoms with Gasteiger partial charge in [-0.2, -0.15) is 0 Å². The van der Waals surface area contributed by atoms with Crippen molar-refractivity contribution in [2.75, 3.05) is 0 Å². The maximum absolute atomic E-state index is 3.15.